The Hall–Kier alpha value is -1.36. The van der Waals surface area contributed by atoms with E-state index >= 15 is 0 Å². The molecule has 0 saturated heterocycles. The molecule has 0 aliphatic rings. The summed E-state index contributed by atoms with van der Waals surface area (Å²) in [6, 6.07) is 0. The maximum atomic E-state index is 11.0. The molecule has 0 saturated carbocycles. The summed E-state index contributed by atoms with van der Waals surface area (Å²) < 4.78 is 4.87. The highest BCUT2D eigenvalue weighted by atomic mass is 16.5. The third kappa shape index (κ3) is 6.19. The molecular weight excluding hydrogens is 186 g/mol. The molecule has 0 aromatic carbocycles. The van der Waals surface area contributed by atoms with Crippen LogP contribution in [-0.2, 0) is 14.3 Å². The Labute approximate surface area is 82.7 Å². The van der Waals surface area contributed by atoms with Gasteiger partial charge in [0.2, 0.25) is 5.91 Å². The first kappa shape index (κ1) is 12.6. The number of aliphatic carboxylic acids is 1. The van der Waals surface area contributed by atoms with Crippen molar-refractivity contribution in [1.29, 1.82) is 0 Å². The van der Waals surface area contributed by atoms with Gasteiger partial charge in [0.15, 0.2) is 0 Å². The molecule has 5 nitrogen and oxygen atoms in total. The van der Waals surface area contributed by atoms with Gasteiger partial charge >= 0.3 is 5.97 Å². The molecule has 0 aliphatic heterocycles. The van der Waals surface area contributed by atoms with E-state index in [-0.39, 0.29) is 25.3 Å². The van der Waals surface area contributed by atoms with Crippen molar-refractivity contribution < 1.29 is 19.4 Å². The van der Waals surface area contributed by atoms with E-state index in [9.17, 15) is 9.59 Å². The van der Waals surface area contributed by atoms with Gasteiger partial charge in [-0.05, 0) is 0 Å². The summed E-state index contributed by atoms with van der Waals surface area (Å²) in [6.45, 7) is 3.61. The van der Waals surface area contributed by atoms with Crippen molar-refractivity contribution in [3.05, 3.63) is 12.7 Å². The second kappa shape index (κ2) is 7.08. The number of amides is 1. The van der Waals surface area contributed by atoms with Gasteiger partial charge in [-0.2, -0.15) is 0 Å². The molecule has 1 unspecified atom stereocenters. The summed E-state index contributed by atoms with van der Waals surface area (Å²) in [5.41, 5.74) is 0. The second-order valence-corrected chi connectivity index (χ2v) is 2.75. The van der Waals surface area contributed by atoms with Crippen molar-refractivity contribution in [3.63, 3.8) is 0 Å². The van der Waals surface area contributed by atoms with Crippen LogP contribution in [0.4, 0.5) is 0 Å². The monoisotopic (exact) mass is 201 g/mol. The van der Waals surface area contributed by atoms with Gasteiger partial charge in [0.05, 0.1) is 12.5 Å². The lowest BCUT2D eigenvalue weighted by Crippen LogP contribution is -2.34. The average Bonchev–Trinajstić information content (AvgIpc) is 2.12. The van der Waals surface area contributed by atoms with E-state index in [1.807, 2.05) is 0 Å². The highest BCUT2D eigenvalue weighted by molar-refractivity contribution is 5.77. The zero-order valence-corrected chi connectivity index (χ0v) is 8.16. The summed E-state index contributed by atoms with van der Waals surface area (Å²) >= 11 is 0. The van der Waals surface area contributed by atoms with E-state index in [4.69, 9.17) is 9.84 Å². The quantitative estimate of drug-likeness (QED) is 0.576. The number of carboxylic acids is 1. The number of nitrogens with one attached hydrogen (secondary N) is 1. The van der Waals surface area contributed by atoms with Gasteiger partial charge in [-0.15, -0.1) is 6.58 Å². The fourth-order valence-corrected chi connectivity index (χ4v) is 0.865. The predicted molar refractivity (Wildman–Crippen MR) is 50.9 cm³/mol. The normalized spacial score (nSPS) is 11.8. The molecule has 1 amide bonds. The molecule has 0 aromatic rings. The van der Waals surface area contributed by atoms with E-state index in [2.05, 4.69) is 11.9 Å². The minimum absolute atomic E-state index is 0.120. The highest BCUT2D eigenvalue weighted by Crippen LogP contribution is 1.95. The summed E-state index contributed by atoms with van der Waals surface area (Å²) in [7, 11) is 1.41. The Bertz CT molecular complexity index is 215. The van der Waals surface area contributed by atoms with Gasteiger partial charge in [0.1, 0.15) is 0 Å². The van der Waals surface area contributed by atoms with Crippen molar-refractivity contribution in [2.24, 2.45) is 0 Å². The van der Waals surface area contributed by atoms with Gasteiger partial charge < -0.3 is 15.2 Å². The van der Waals surface area contributed by atoms with Crippen LogP contribution in [0.2, 0.25) is 0 Å². The van der Waals surface area contributed by atoms with Crippen molar-refractivity contribution in [1.82, 2.24) is 5.32 Å². The standard InChI is InChI=1S/C9H15NO4/c1-3-4-8(11)10-6-7(14-2)5-9(12)13/h3,7H,1,4-6H2,2H3,(H,10,11)(H,12,13). The predicted octanol–water partition coefficient (Wildman–Crippen LogP) is 0.168. The summed E-state index contributed by atoms with van der Waals surface area (Å²) in [5.74, 6) is -1.14. The summed E-state index contributed by atoms with van der Waals surface area (Å²) in [6.07, 6.45) is 1.10. The van der Waals surface area contributed by atoms with Crippen LogP contribution < -0.4 is 5.32 Å². The third-order valence-corrected chi connectivity index (χ3v) is 1.59. The lowest BCUT2D eigenvalue weighted by atomic mass is 10.2. The molecule has 0 radical (unpaired) electrons. The Morgan fingerprint density at radius 1 is 1.64 bits per heavy atom. The molecule has 0 heterocycles. The Balaban J connectivity index is 3.77. The SMILES string of the molecule is C=CCC(=O)NCC(CC(=O)O)OC. The van der Waals surface area contributed by atoms with Crippen LogP contribution in [-0.4, -0.2) is 36.7 Å². The maximum Gasteiger partial charge on any atom is 0.306 e. The first-order chi connectivity index (χ1) is 6.60. The first-order valence-corrected chi connectivity index (χ1v) is 4.22. The van der Waals surface area contributed by atoms with Crippen molar-refractivity contribution in [2.45, 2.75) is 18.9 Å². The van der Waals surface area contributed by atoms with Crippen LogP contribution >= 0.6 is 0 Å². The molecule has 0 rings (SSSR count). The molecule has 0 aromatic heterocycles. The Morgan fingerprint density at radius 3 is 2.71 bits per heavy atom. The van der Waals surface area contributed by atoms with Gasteiger partial charge in [0.25, 0.3) is 0 Å². The van der Waals surface area contributed by atoms with Crippen LogP contribution in [0.3, 0.4) is 0 Å². The number of ether oxygens (including phenoxy) is 1. The van der Waals surface area contributed by atoms with Crippen LogP contribution in [0.1, 0.15) is 12.8 Å². The maximum absolute atomic E-state index is 11.0. The Morgan fingerprint density at radius 2 is 2.29 bits per heavy atom. The zero-order chi connectivity index (χ0) is 11.0. The molecule has 0 bridgehead atoms. The van der Waals surface area contributed by atoms with Gasteiger partial charge in [0, 0.05) is 20.1 Å². The fourth-order valence-electron chi connectivity index (χ4n) is 0.865. The molecule has 1 atom stereocenters. The van der Waals surface area contributed by atoms with Crippen molar-refractivity contribution >= 4 is 11.9 Å². The molecule has 14 heavy (non-hydrogen) atoms. The average molecular weight is 201 g/mol. The highest BCUT2D eigenvalue weighted by Gasteiger charge is 2.12. The topological polar surface area (TPSA) is 75.6 Å². The minimum atomic E-state index is -0.949. The minimum Gasteiger partial charge on any atom is -0.481 e. The number of rotatable bonds is 7. The molecule has 0 aliphatic carbocycles. The zero-order valence-electron chi connectivity index (χ0n) is 8.16. The molecule has 80 valence electrons. The van der Waals surface area contributed by atoms with E-state index in [1.54, 1.807) is 0 Å². The molecule has 0 fully saturated rings. The lowest BCUT2D eigenvalue weighted by Gasteiger charge is -2.13. The van der Waals surface area contributed by atoms with Crippen LogP contribution in [0.15, 0.2) is 12.7 Å². The van der Waals surface area contributed by atoms with Crippen LogP contribution in [0.25, 0.3) is 0 Å². The third-order valence-electron chi connectivity index (χ3n) is 1.59. The Kier molecular flexibility index (Phi) is 6.39. The molecular formula is C9H15NO4. The summed E-state index contributed by atoms with van der Waals surface area (Å²) in [4.78, 5) is 21.3. The number of carboxylic acid groups (broad SMARTS) is 1. The van der Waals surface area contributed by atoms with Crippen LogP contribution in [0, 0.1) is 0 Å². The fraction of sp³-hybridized carbons (Fsp3) is 0.556. The van der Waals surface area contributed by atoms with E-state index in [0.29, 0.717) is 0 Å². The van der Waals surface area contributed by atoms with Crippen LogP contribution in [0.5, 0.6) is 0 Å². The largest absolute Gasteiger partial charge is 0.481 e. The van der Waals surface area contributed by atoms with Crippen molar-refractivity contribution in [2.75, 3.05) is 13.7 Å². The number of methoxy groups -OCH3 is 1. The van der Waals surface area contributed by atoms with E-state index in [0.717, 1.165) is 0 Å². The van der Waals surface area contributed by atoms with Gasteiger partial charge in [-0.3, -0.25) is 9.59 Å². The summed E-state index contributed by atoms with van der Waals surface area (Å²) in [5, 5.41) is 11.0. The van der Waals surface area contributed by atoms with E-state index in [1.165, 1.54) is 13.2 Å². The molecule has 2 N–H and O–H groups in total. The molecule has 0 spiro atoms. The van der Waals surface area contributed by atoms with Gasteiger partial charge in [-0.25, -0.2) is 0 Å². The molecule has 5 heteroatoms. The first-order valence-electron chi connectivity index (χ1n) is 4.22. The number of carbonyl (C=O) groups is 2. The number of carbonyl (C=O) groups excluding carboxylic acids is 1. The van der Waals surface area contributed by atoms with E-state index < -0.39 is 12.1 Å². The lowest BCUT2D eigenvalue weighted by molar-refractivity contribution is -0.140. The van der Waals surface area contributed by atoms with Crippen molar-refractivity contribution in [3.8, 4) is 0 Å². The second-order valence-electron chi connectivity index (χ2n) is 2.75. The number of hydrogen-bond acceptors (Lipinski definition) is 3. The number of hydrogen-bond donors (Lipinski definition) is 2. The van der Waals surface area contributed by atoms with Gasteiger partial charge in [-0.1, -0.05) is 6.08 Å². The smallest absolute Gasteiger partial charge is 0.306 e.